The molecule has 0 bridgehead atoms. The van der Waals surface area contributed by atoms with Crippen molar-refractivity contribution in [2.45, 2.75) is 38.3 Å². The zero-order valence-electron chi connectivity index (χ0n) is 17.0. The van der Waals surface area contributed by atoms with Crippen LogP contribution in [0.2, 0.25) is 10.0 Å². The largest absolute Gasteiger partial charge is 0.465 e. The van der Waals surface area contributed by atoms with Crippen LogP contribution in [0.4, 0.5) is 4.79 Å². The lowest BCUT2D eigenvalue weighted by Crippen LogP contribution is -2.47. The number of ether oxygens (including phenoxy) is 1. The summed E-state index contributed by atoms with van der Waals surface area (Å²) in [6, 6.07) is 5.67. The molecule has 2 aliphatic heterocycles. The molecule has 2 aliphatic rings. The normalized spacial score (nSPS) is 20.9. The Morgan fingerprint density at radius 1 is 1.17 bits per heavy atom. The van der Waals surface area contributed by atoms with Gasteiger partial charge >= 0.3 is 6.09 Å². The second-order valence-corrected chi connectivity index (χ2v) is 8.85. The van der Waals surface area contributed by atoms with Gasteiger partial charge in [0.15, 0.2) is 0 Å². The molecule has 0 aliphatic carbocycles. The van der Waals surface area contributed by atoms with Crippen molar-refractivity contribution in [1.82, 2.24) is 15.1 Å². The summed E-state index contributed by atoms with van der Waals surface area (Å²) >= 11 is 12.1. The van der Waals surface area contributed by atoms with Crippen LogP contribution in [0.15, 0.2) is 18.2 Å². The molecule has 30 heavy (non-hydrogen) atoms. The third-order valence-electron chi connectivity index (χ3n) is 5.80. The molecule has 0 radical (unpaired) electrons. The van der Waals surface area contributed by atoms with Crippen molar-refractivity contribution in [3.05, 3.63) is 33.8 Å². The Morgan fingerprint density at radius 2 is 1.93 bits per heavy atom. The quantitative estimate of drug-likeness (QED) is 0.654. The van der Waals surface area contributed by atoms with Gasteiger partial charge in [0, 0.05) is 45.7 Å². The molecular formula is C21H29Cl2N3O4. The van der Waals surface area contributed by atoms with Crippen LogP contribution in [0.5, 0.6) is 0 Å². The molecule has 1 atom stereocenters. The van der Waals surface area contributed by atoms with Crippen LogP contribution in [0.3, 0.4) is 0 Å². The minimum atomic E-state index is -0.855. The van der Waals surface area contributed by atoms with Gasteiger partial charge in [-0.1, -0.05) is 29.3 Å². The number of carboxylic acid groups (broad SMARTS) is 1. The molecule has 0 unspecified atom stereocenters. The van der Waals surface area contributed by atoms with E-state index in [2.05, 4.69) is 10.2 Å². The van der Waals surface area contributed by atoms with Gasteiger partial charge in [-0.3, -0.25) is 9.69 Å². The lowest BCUT2D eigenvalue weighted by molar-refractivity contribution is -0.122. The van der Waals surface area contributed by atoms with Gasteiger partial charge in [0.1, 0.15) is 0 Å². The Kier molecular flexibility index (Phi) is 8.62. The van der Waals surface area contributed by atoms with Crippen molar-refractivity contribution in [2.24, 2.45) is 5.92 Å². The average Bonchev–Trinajstić information content (AvgIpc) is 2.74. The van der Waals surface area contributed by atoms with Gasteiger partial charge < -0.3 is 20.1 Å². The summed E-state index contributed by atoms with van der Waals surface area (Å²) in [5.41, 5.74) is 1.10. The van der Waals surface area contributed by atoms with Gasteiger partial charge in [-0.15, -0.1) is 0 Å². The van der Waals surface area contributed by atoms with Crippen LogP contribution in [0.1, 0.15) is 31.2 Å². The molecule has 2 N–H and O–H groups in total. The molecular weight excluding hydrogens is 429 g/mol. The monoisotopic (exact) mass is 457 g/mol. The number of likely N-dealkylation sites (tertiary alicyclic amines) is 1. The summed E-state index contributed by atoms with van der Waals surface area (Å²) in [5, 5.41) is 13.1. The number of hydrogen-bond donors (Lipinski definition) is 2. The lowest BCUT2D eigenvalue weighted by Gasteiger charge is -2.33. The highest BCUT2D eigenvalue weighted by Crippen LogP contribution is 2.24. The number of benzene rings is 1. The fourth-order valence-corrected chi connectivity index (χ4v) is 4.33. The summed E-state index contributed by atoms with van der Waals surface area (Å²) in [6.45, 7) is 4.59. The van der Waals surface area contributed by atoms with Gasteiger partial charge in [-0.25, -0.2) is 4.79 Å². The maximum Gasteiger partial charge on any atom is 0.407 e. The second-order valence-electron chi connectivity index (χ2n) is 8.03. The Balaban J connectivity index is 1.34. The molecule has 2 heterocycles. The molecule has 2 saturated heterocycles. The maximum absolute atomic E-state index is 12.2. The van der Waals surface area contributed by atoms with Crippen LogP contribution >= 0.6 is 23.2 Å². The van der Waals surface area contributed by atoms with Crippen LogP contribution in [0, 0.1) is 5.92 Å². The van der Waals surface area contributed by atoms with Crippen molar-refractivity contribution < 1.29 is 19.4 Å². The second kappa shape index (κ2) is 11.2. The summed E-state index contributed by atoms with van der Waals surface area (Å²) < 4.78 is 5.80. The van der Waals surface area contributed by atoms with Crippen LogP contribution < -0.4 is 5.32 Å². The van der Waals surface area contributed by atoms with Gasteiger partial charge in [-0.2, -0.15) is 0 Å². The molecule has 2 amide bonds. The summed E-state index contributed by atoms with van der Waals surface area (Å²) in [4.78, 5) is 26.9. The number of morpholine rings is 1. The first kappa shape index (κ1) is 23.1. The van der Waals surface area contributed by atoms with Crippen LogP contribution in [-0.4, -0.2) is 72.3 Å². The van der Waals surface area contributed by atoms with E-state index in [0.29, 0.717) is 48.6 Å². The van der Waals surface area contributed by atoms with Gasteiger partial charge in [-0.05, 0) is 42.9 Å². The van der Waals surface area contributed by atoms with Crippen molar-refractivity contribution >= 4 is 35.2 Å². The number of nitrogens with one attached hydrogen (secondary N) is 1. The molecule has 0 aromatic heterocycles. The minimum absolute atomic E-state index is 0.0286. The number of amides is 2. The number of nitrogens with zero attached hydrogens (tertiary/aromatic N) is 2. The third-order valence-corrected chi connectivity index (χ3v) is 6.54. The van der Waals surface area contributed by atoms with Crippen molar-refractivity contribution in [3.8, 4) is 0 Å². The molecule has 3 rings (SSSR count). The van der Waals surface area contributed by atoms with Gasteiger partial charge in [0.05, 0.1) is 22.8 Å². The van der Waals surface area contributed by atoms with E-state index in [9.17, 15) is 9.59 Å². The maximum atomic E-state index is 12.2. The summed E-state index contributed by atoms with van der Waals surface area (Å²) in [7, 11) is 0. The molecule has 7 nitrogen and oxygen atoms in total. The lowest BCUT2D eigenvalue weighted by atomic mass is 9.92. The number of rotatable bonds is 7. The Hall–Kier alpha value is -1.54. The van der Waals surface area contributed by atoms with E-state index < -0.39 is 6.09 Å². The number of halogens is 2. The molecule has 0 saturated carbocycles. The number of hydrogen-bond acceptors (Lipinski definition) is 4. The highest BCUT2D eigenvalue weighted by molar-refractivity contribution is 6.42. The van der Waals surface area contributed by atoms with E-state index in [1.54, 1.807) is 0 Å². The molecule has 166 valence electrons. The highest BCUT2D eigenvalue weighted by Gasteiger charge is 2.24. The molecule has 2 fully saturated rings. The Labute approximate surface area is 187 Å². The third kappa shape index (κ3) is 7.01. The topological polar surface area (TPSA) is 82.1 Å². The smallest absolute Gasteiger partial charge is 0.407 e. The number of carbonyl (C=O) groups is 2. The fraction of sp³-hybridized carbons (Fsp3) is 0.619. The van der Waals surface area contributed by atoms with Crippen LogP contribution in [0.25, 0.3) is 0 Å². The predicted octanol–water partition coefficient (Wildman–Crippen LogP) is 3.48. The highest BCUT2D eigenvalue weighted by atomic mass is 35.5. The van der Waals surface area contributed by atoms with Crippen LogP contribution in [-0.2, 0) is 16.1 Å². The Bertz CT molecular complexity index is 741. The predicted molar refractivity (Wildman–Crippen MR) is 116 cm³/mol. The summed E-state index contributed by atoms with van der Waals surface area (Å²) in [5.74, 6) is 0.444. The molecule has 9 heteroatoms. The first-order valence-electron chi connectivity index (χ1n) is 10.4. The molecule has 1 aromatic carbocycles. The zero-order valence-corrected chi connectivity index (χ0v) is 18.5. The number of piperidine rings is 1. The van der Waals surface area contributed by atoms with E-state index in [1.165, 1.54) is 4.90 Å². The number of carbonyl (C=O) groups excluding carboxylic acids is 1. The Morgan fingerprint density at radius 3 is 2.63 bits per heavy atom. The van der Waals surface area contributed by atoms with Crippen molar-refractivity contribution in [1.29, 1.82) is 0 Å². The average molecular weight is 458 g/mol. The first-order chi connectivity index (χ1) is 14.4. The first-order valence-corrected chi connectivity index (χ1v) is 11.2. The fourth-order valence-electron chi connectivity index (χ4n) is 4.01. The van der Waals surface area contributed by atoms with E-state index in [-0.39, 0.29) is 12.0 Å². The molecule has 0 spiro atoms. The van der Waals surface area contributed by atoms with Gasteiger partial charge in [0.2, 0.25) is 5.91 Å². The van der Waals surface area contributed by atoms with Gasteiger partial charge in [0.25, 0.3) is 0 Å². The van der Waals surface area contributed by atoms with Crippen molar-refractivity contribution in [2.75, 3.05) is 39.3 Å². The SMILES string of the molecule is O=C(CCC1CCN(C(=O)O)CC1)NC[C@H]1CN(Cc2ccc(Cl)c(Cl)c2)CCO1. The van der Waals surface area contributed by atoms with Crippen molar-refractivity contribution in [3.63, 3.8) is 0 Å². The molecule has 1 aromatic rings. The van der Waals surface area contributed by atoms with E-state index in [4.69, 9.17) is 33.0 Å². The standard InChI is InChI=1S/C21H29Cl2N3O4/c22-18-3-1-16(11-19(18)23)13-25-9-10-30-17(14-25)12-24-20(27)4-2-15-5-7-26(8-6-15)21(28)29/h1,3,11,15,17H,2,4-10,12-14H2,(H,24,27)(H,28,29)/t17-/m0/s1. The van der Waals surface area contributed by atoms with E-state index in [0.717, 1.165) is 44.5 Å². The van der Waals surface area contributed by atoms with E-state index in [1.807, 2.05) is 18.2 Å². The summed E-state index contributed by atoms with van der Waals surface area (Å²) in [6.07, 6.45) is 2.03. The zero-order chi connectivity index (χ0) is 21.5. The van der Waals surface area contributed by atoms with E-state index >= 15 is 0 Å². The minimum Gasteiger partial charge on any atom is -0.465 e.